The number of aryl methyl sites for hydroxylation is 1. The van der Waals surface area contributed by atoms with Crippen molar-refractivity contribution >= 4 is 17.5 Å². The number of rotatable bonds is 7. The van der Waals surface area contributed by atoms with Crippen LogP contribution in [-0.2, 0) is 4.79 Å². The molecule has 0 spiro atoms. The number of carbonyl (C=O) groups excluding carboxylic acids is 2. The molecule has 0 aliphatic heterocycles. The molecular weight excluding hydrogens is 376 g/mol. The standard InChI is InChI=1S/C25H32N2O3/c1-4-22(30-23-17-11-8-12-18(23)2)24(28)26-21-16-10-9-15-20(21)25(29)27(3)19-13-6-5-7-14-19/h8-12,15-17,19,22H,4-7,13-14H2,1-3H3,(H,26,28). The number of nitrogens with one attached hydrogen (secondary N) is 1. The lowest BCUT2D eigenvalue weighted by Gasteiger charge is -2.31. The topological polar surface area (TPSA) is 58.6 Å². The molecule has 0 radical (unpaired) electrons. The molecule has 1 aliphatic rings. The highest BCUT2D eigenvalue weighted by molar-refractivity contribution is 6.04. The van der Waals surface area contributed by atoms with E-state index in [2.05, 4.69) is 5.32 Å². The van der Waals surface area contributed by atoms with Crippen LogP contribution in [0.5, 0.6) is 5.75 Å². The van der Waals surface area contributed by atoms with Gasteiger partial charge in [0.2, 0.25) is 0 Å². The first kappa shape index (κ1) is 21.9. The molecule has 2 aromatic rings. The number of carbonyl (C=O) groups is 2. The van der Waals surface area contributed by atoms with Crippen molar-refractivity contribution in [3.8, 4) is 5.75 Å². The second kappa shape index (κ2) is 10.3. The van der Waals surface area contributed by atoms with Gasteiger partial charge in [-0.2, -0.15) is 0 Å². The molecule has 5 nitrogen and oxygen atoms in total. The van der Waals surface area contributed by atoms with E-state index in [0.717, 1.165) is 31.2 Å². The van der Waals surface area contributed by atoms with E-state index >= 15 is 0 Å². The maximum absolute atomic E-state index is 13.2. The monoisotopic (exact) mass is 408 g/mol. The summed E-state index contributed by atoms with van der Waals surface area (Å²) < 4.78 is 5.96. The van der Waals surface area contributed by atoms with E-state index in [1.165, 1.54) is 6.42 Å². The Bertz CT molecular complexity index is 874. The lowest BCUT2D eigenvalue weighted by Crippen LogP contribution is -2.39. The number of hydrogen-bond donors (Lipinski definition) is 1. The Labute approximate surface area is 179 Å². The van der Waals surface area contributed by atoms with Gasteiger partial charge in [0, 0.05) is 13.1 Å². The summed E-state index contributed by atoms with van der Waals surface area (Å²) in [5.41, 5.74) is 2.03. The molecule has 2 amide bonds. The minimum absolute atomic E-state index is 0.0503. The second-order valence-corrected chi connectivity index (χ2v) is 8.02. The third kappa shape index (κ3) is 5.21. The highest BCUT2D eigenvalue weighted by Crippen LogP contribution is 2.25. The summed E-state index contributed by atoms with van der Waals surface area (Å²) in [7, 11) is 1.87. The van der Waals surface area contributed by atoms with Crippen molar-refractivity contribution in [1.29, 1.82) is 0 Å². The van der Waals surface area contributed by atoms with Gasteiger partial charge in [-0.1, -0.05) is 56.5 Å². The molecule has 3 rings (SSSR count). The highest BCUT2D eigenvalue weighted by Gasteiger charge is 2.26. The van der Waals surface area contributed by atoms with E-state index in [1.807, 2.05) is 62.2 Å². The summed E-state index contributed by atoms with van der Waals surface area (Å²) in [6.45, 7) is 3.87. The van der Waals surface area contributed by atoms with E-state index in [1.54, 1.807) is 12.1 Å². The van der Waals surface area contributed by atoms with E-state index < -0.39 is 6.10 Å². The molecule has 0 saturated heterocycles. The Morgan fingerprint density at radius 1 is 1.07 bits per heavy atom. The first-order valence-electron chi connectivity index (χ1n) is 10.9. The normalized spacial score (nSPS) is 15.3. The molecule has 2 aromatic carbocycles. The fraction of sp³-hybridized carbons (Fsp3) is 0.440. The fourth-order valence-corrected chi connectivity index (χ4v) is 3.98. The smallest absolute Gasteiger partial charge is 0.265 e. The average molecular weight is 409 g/mol. The average Bonchev–Trinajstić information content (AvgIpc) is 2.78. The molecule has 30 heavy (non-hydrogen) atoms. The summed E-state index contributed by atoms with van der Waals surface area (Å²) in [4.78, 5) is 27.9. The van der Waals surface area contributed by atoms with Gasteiger partial charge in [-0.15, -0.1) is 0 Å². The molecule has 1 fully saturated rings. The first-order valence-corrected chi connectivity index (χ1v) is 10.9. The van der Waals surface area contributed by atoms with Crippen LogP contribution in [0.2, 0.25) is 0 Å². The third-order valence-corrected chi connectivity index (χ3v) is 5.88. The van der Waals surface area contributed by atoms with Crippen molar-refractivity contribution < 1.29 is 14.3 Å². The van der Waals surface area contributed by atoms with Crippen LogP contribution in [0, 0.1) is 6.92 Å². The zero-order valence-electron chi connectivity index (χ0n) is 18.2. The quantitative estimate of drug-likeness (QED) is 0.685. The van der Waals surface area contributed by atoms with Crippen LogP contribution in [-0.4, -0.2) is 35.9 Å². The Balaban J connectivity index is 1.73. The number of ether oxygens (including phenoxy) is 1. The molecule has 1 unspecified atom stereocenters. The number of amides is 2. The van der Waals surface area contributed by atoms with Crippen LogP contribution in [0.3, 0.4) is 0 Å². The second-order valence-electron chi connectivity index (χ2n) is 8.02. The maximum Gasteiger partial charge on any atom is 0.265 e. The molecule has 160 valence electrons. The highest BCUT2D eigenvalue weighted by atomic mass is 16.5. The van der Waals surface area contributed by atoms with E-state index in [4.69, 9.17) is 4.74 Å². The van der Waals surface area contributed by atoms with Crippen molar-refractivity contribution in [3.05, 3.63) is 59.7 Å². The lowest BCUT2D eigenvalue weighted by molar-refractivity contribution is -0.122. The minimum Gasteiger partial charge on any atom is -0.480 e. The number of hydrogen-bond acceptors (Lipinski definition) is 3. The minimum atomic E-state index is -0.634. The molecular formula is C25H32N2O3. The summed E-state index contributed by atoms with van der Waals surface area (Å²) in [6.07, 6.45) is 5.54. The number of nitrogens with zero attached hydrogens (tertiary/aromatic N) is 1. The van der Waals surface area contributed by atoms with Gasteiger partial charge in [-0.25, -0.2) is 0 Å². The van der Waals surface area contributed by atoms with E-state index in [-0.39, 0.29) is 17.9 Å². The zero-order chi connectivity index (χ0) is 21.5. The molecule has 0 bridgehead atoms. The van der Waals surface area contributed by atoms with E-state index in [0.29, 0.717) is 23.4 Å². The van der Waals surface area contributed by atoms with Crippen molar-refractivity contribution in [2.45, 2.75) is 64.5 Å². The molecule has 0 heterocycles. The maximum atomic E-state index is 13.2. The number of anilines is 1. The number of benzene rings is 2. The first-order chi connectivity index (χ1) is 14.5. The van der Waals surface area contributed by atoms with Crippen LogP contribution in [0.25, 0.3) is 0 Å². The Kier molecular flexibility index (Phi) is 7.50. The summed E-state index contributed by atoms with van der Waals surface area (Å²) >= 11 is 0. The predicted molar refractivity (Wildman–Crippen MR) is 120 cm³/mol. The Morgan fingerprint density at radius 2 is 1.73 bits per heavy atom. The SMILES string of the molecule is CCC(Oc1ccccc1C)C(=O)Nc1ccccc1C(=O)N(C)C1CCCCC1. The van der Waals surface area contributed by atoms with Gasteiger partial charge in [-0.05, 0) is 49.9 Å². The van der Waals surface area contributed by atoms with Gasteiger partial charge in [-0.3, -0.25) is 9.59 Å². The number of para-hydroxylation sites is 2. The molecule has 1 aliphatic carbocycles. The fourth-order valence-electron chi connectivity index (χ4n) is 3.98. The summed E-state index contributed by atoms with van der Waals surface area (Å²) in [5.74, 6) is 0.396. The van der Waals surface area contributed by atoms with Crippen molar-refractivity contribution in [2.24, 2.45) is 0 Å². The third-order valence-electron chi connectivity index (χ3n) is 5.88. The van der Waals surface area contributed by atoms with Gasteiger partial charge in [0.25, 0.3) is 11.8 Å². The largest absolute Gasteiger partial charge is 0.480 e. The molecule has 1 saturated carbocycles. The summed E-state index contributed by atoms with van der Waals surface area (Å²) in [5, 5.41) is 2.93. The van der Waals surface area contributed by atoms with Crippen LogP contribution in [0.4, 0.5) is 5.69 Å². The predicted octanol–water partition coefficient (Wildman–Crippen LogP) is 5.20. The van der Waals surface area contributed by atoms with Crippen LogP contribution < -0.4 is 10.1 Å². The van der Waals surface area contributed by atoms with E-state index in [9.17, 15) is 9.59 Å². The van der Waals surface area contributed by atoms with Gasteiger partial charge < -0.3 is 15.0 Å². The molecule has 5 heteroatoms. The lowest BCUT2D eigenvalue weighted by atomic mass is 9.94. The van der Waals surface area contributed by atoms with Crippen LogP contribution in [0.15, 0.2) is 48.5 Å². The molecule has 1 N–H and O–H groups in total. The Morgan fingerprint density at radius 3 is 2.43 bits per heavy atom. The van der Waals surface area contributed by atoms with Gasteiger partial charge in [0.1, 0.15) is 5.75 Å². The van der Waals surface area contributed by atoms with Gasteiger partial charge in [0.05, 0.1) is 11.3 Å². The summed E-state index contributed by atoms with van der Waals surface area (Å²) in [6, 6.07) is 15.1. The zero-order valence-corrected chi connectivity index (χ0v) is 18.2. The Hall–Kier alpha value is -2.82. The van der Waals surface area contributed by atoms with Crippen LogP contribution in [0.1, 0.15) is 61.4 Å². The van der Waals surface area contributed by atoms with Crippen molar-refractivity contribution in [1.82, 2.24) is 4.90 Å². The van der Waals surface area contributed by atoms with Crippen molar-refractivity contribution in [3.63, 3.8) is 0 Å². The van der Waals surface area contributed by atoms with Crippen LogP contribution >= 0.6 is 0 Å². The molecule has 0 aromatic heterocycles. The van der Waals surface area contributed by atoms with Crippen molar-refractivity contribution in [2.75, 3.05) is 12.4 Å². The van der Waals surface area contributed by atoms with Gasteiger partial charge >= 0.3 is 0 Å². The van der Waals surface area contributed by atoms with Gasteiger partial charge in [0.15, 0.2) is 6.10 Å². The molecule has 1 atom stereocenters.